The molecule has 0 saturated heterocycles. The van der Waals surface area contributed by atoms with E-state index in [1.807, 2.05) is 47.4 Å². The van der Waals surface area contributed by atoms with Crippen molar-refractivity contribution in [2.45, 2.75) is 38.3 Å². The number of rotatable bonds is 7. The Morgan fingerprint density at radius 3 is 2.61 bits per heavy atom. The van der Waals surface area contributed by atoms with Crippen molar-refractivity contribution in [3.63, 3.8) is 0 Å². The Morgan fingerprint density at radius 1 is 1.14 bits per heavy atom. The first kappa shape index (κ1) is 18.5. The first-order chi connectivity index (χ1) is 13.7. The Hall–Kier alpha value is -2.82. The highest BCUT2D eigenvalue weighted by molar-refractivity contribution is 6.03. The van der Waals surface area contributed by atoms with Crippen LogP contribution in [0.3, 0.4) is 0 Å². The van der Waals surface area contributed by atoms with Gasteiger partial charge in [0.2, 0.25) is 5.91 Å². The number of nitrogens with zero attached hydrogens (tertiary/aromatic N) is 2. The van der Waals surface area contributed by atoms with Gasteiger partial charge in [-0.2, -0.15) is 0 Å². The van der Waals surface area contributed by atoms with Crippen LogP contribution >= 0.6 is 0 Å². The number of ether oxygens (including phenoxy) is 1. The maximum absolute atomic E-state index is 13.0. The van der Waals surface area contributed by atoms with Gasteiger partial charge in [-0.1, -0.05) is 54.0 Å². The van der Waals surface area contributed by atoms with Gasteiger partial charge in [0, 0.05) is 24.4 Å². The zero-order valence-corrected chi connectivity index (χ0v) is 16.2. The summed E-state index contributed by atoms with van der Waals surface area (Å²) >= 11 is 0. The summed E-state index contributed by atoms with van der Waals surface area (Å²) in [7, 11) is 1.66. The number of carbonyl (C=O) groups is 1. The smallest absolute Gasteiger partial charge is 0.226 e. The van der Waals surface area contributed by atoms with Gasteiger partial charge in [-0.05, 0) is 30.5 Å². The standard InChI is InChI=1S/C23H26N2O3/c1-27-22-13-6-5-12-20(22)21-14-19(28-24-21)16-25(23(26)18-10-7-11-18)15-17-8-3-2-4-9-17/h2-6,8-9,12-13,18-19H,7,10-11,14-16H2,1H3. The molecular weight excluding hydrogens is 352 g/mol. The first-order valence-corrected chi connectivity index (χ1v) is 9.93. The maximum atomic E-state index is 13.0. The van der Waals surface area contributed by atoms with Gasteiger partial charge in [0.1, 0.15) is 5.75 Å². The van der Waals surface area contributed by atoms with Crippen LogP contribution in [0, 0.1) is 5.92 Å². The minimum absolute atomic E-state index is 0.132. The van der Waals surface area contributed by atoms with Crippen molar-refractivity contribution in [3.05, 3.63) is 65.7 Å². The lowest BCUT2D eigenvalue weighted by Gasteiger charge is -2.32. The molecule has 2 aromatic carbocycles. The molecule has 0 radical (unpaired) electrons. The molecule has 146 valence electrons. The van der Waals surface area contributed by atoms with E-state index in [0.717, 1.165) is 41.9 Å². The molecule has 2 aromatic rings. The minimum Gasteiger partial charge on any atom is -0.496 e. The molecule has 1 fully saturated rings. The van der Waals surface area contributed by atoms with Crippen molar-refractivity contribution in [2.24, 2.45) is 11.1 Å². The van der Waals surface area contributed by atoms with Crippen molar-refractivity contribution in [1.29, 1.82) is 0 Å². The van der Waals surface area contributed by atoms with Crippen LogP contribution in [-0.4, -0.2) is 36.3 Å². The molecule has 5 heteroatoms. The van der Waals surface area contributed by atoms with E-state index in [0.29, 0.717) is 19.5 Å². The predicted molar refractivity (Wildman–Crippen MR) is 108 cm³/mol. The zero-order valence-electron chi connectivity index (χ0n) is 16.2. The van der Waals surface area contributed by atoms with E-state index in [-0.39, 0.29) is 17.9 Å². The van der Waals surface area contributed by atoms with E-state index < -0.39 is 0 Å². The molecule has 2 aliphatic rings. The van der Waals surface area contributed by atoms with E-state index in [1.54, 1.807) is 7.11 Å². The van der Waals surface area contributed by atoms with Gasteiger partial charge in [-0.3, -0.25) is 4.79 Å². The topological polar surface area (TPSA) is 51.1 Å². The van der Waals surface area contributed by atoms with E-state index in [2.05, 4.69) is 17.3 Å². The highest BCUT2D eigenvalue weighted by Gasteiger charge is 2.33. The monoisotopic (exact) mass is 378 g/mol. The van der Waals surface area contributed by atoms with Gasteiger partial charge in [0.25, 0.3) is 0 Å². The molecular formula is C23H26N2O3. The number of hydrogen-bond acceptors (Lipinski definition) is 4. The number of hydrogen-bond donors (Lipinski definition) is 0. The summed E-state index contributed by atoms with van der Waals surface area (Å²) in [5.41, 5.74) is 2.96. The molecule has 0 N–H and O–H groups in total. The summed E-state index contributed by atoms with van der Waals surface area (Å²) in [6.45, 7) is 1.16. The molecule has 1 aliphatic carbocycles. The van der Waals surface area contributed by atoms with Gasteiger partial charge in [-0.25, -0.2) is 0 Å². The van der Waals surface area contributed by atoms with Gasteiger partial charge >= 0.3 is 0 Å². The quantitative estimate of drug-likeness (QED) is 0.731. The van der Waals surface area contributed by atoms with Crippen LogP contribution in [0.5, 0.6) is 5.75 Å². The summed E-state index contributed by atoms with van der Waals surface area (Å²) in [4.78, 5) is 20.6. The highest BCUT2D eigenvalue weighted by Crippen LogP contribution is 2.30. The molecule has 1 amide bonds. The summed E-state index contributed by atoms with van der Waals surface area (Å²) in [5, 5.41) is 4.29. The molecule has 0 spiro atoms. The lowest BCUT2D eigenvalue weighted by Crippen LogP contribution is -2.42. The molecule has 1 heterocycles. The number of oxime groups is 1. The van der Waals surface area contributed by atoms with Crippen molar-refractivity contribution >= 4 is 11.6 Å². The summed E-state index contributed by atoms with van der Waals surface area (Å²) < 4.78 is 5.44. The van der Waals surface area contributed by atoms with Crippen molar-refractivity contribution in [2.75, 3.05) is 13.7 Å². The molecule has 0 aromatic heterocycles. The van der Waals surface area contributed by atoms with Crippen LogP contribution < -0.4 is 4.74 Å². The SMILES string of the molecule is COc1ccccc1C1=NOC(CN(Cc2ccccc2)C(=O)C2CCC2)C1. The number of methoxy groups -OCH3 is 1. The average Bonchev–Trinajstić information content (AvgIpc) is 3.15. The summed E-state index contributed by atoms with van der Waals surface area (Å²) in [6, 6.07) is 18.0. The predicted octanol–water partition coefficient (Wildman–Crippen LogP) is 4.02. The van der Waals surface area contributed by atoms with Crippen molar-refractivity contribution in [3.8, 4) is 5.75 Å². The van der Waals surface area contributed by atoms with Gasteiger partial charge < -0.3 is 14.5 Å². The Balaban J connectivity index is 1.44. The third-order valence-electron chi connectivity index (χ3n) is 5.56. The lowest BCUT2D eigenvalue weighted by atomic mass is 9.84. The van der Waals surface area contributed by atoms with E-state index in [9.17, 15) is 4.79 Å². The number of benzene rings is 2. The second-order valence-electron chi connectivity index (χ2n) is 7.50. The van der Waals surface area contributed by atoms with Crippen molar-refractivity contribution < 1.29 is 14.4 Å². The van der Waals surface area contributed by atoms with Crippen LogP contribution in [0.4, 0.5) is 0 Å². The second kappa shape index (κ2) is 8.46. The third-order valence-corrected chi connectivity index (χ3v) is 5.56. The molecule has 1 unspecified atom stereocenters. The molecule has 1 atom stereocenters. The Morgan fingerprint density at radius 2 is 1.89 bits per heavy atom. The van der Waals surface area contributed by atoms with Crippen LogP contribution in [-0.2, 0) is 16.2 Å². The van der Waals surface area contributed by atoms with Crippen LogP contribution in [0.2, 0.25) is 0 Å². The van der Waals surface area contributed by atoms with Crippen LogP contribution in [0.25, 0.3) is 0 Å². The van der Waals surface area contributed by atoms with E-state index in [4.69, 9.17) is 9.57 Å². The third kappa shape index (κ3) is 4.03. The largest absolute Gasteiger partial charge is 0.496 e. The Bertz CT molecular complexity index is 846. The molecule has 1 aliphatic heterocycles. The summed E-state index contributed by atoms with van der Waals surface area (Å²) in [6.07, 6.45) is 3.69. The molecule has 4 rings (SSSR count). The van der Waals surface area contributed by atoms with Gasteiger partial charge in [0.15, 0.2) is 6.10 Å². The Labute approximate surface area is 165 Å². The zero-order chi connectivity index (χ0) is 19.3. The van der Waals surface area contributed by atoms with Crippen LogP contribution in [0.15, 0.2) is 59.8 Å². The number of amides is 1. The summed E-state index contributed by atoms with van der Waals surface area (Å²) in [5.74, 6) is 1.20. The highest BCUT2D eigenvalue weighted by atomic mass is 16.6. The first-order valence-electron chi connectivity index (χ1n) is 9.93. The fourth-order valence-electron chi connectivity index (χ4n) is 3.76. The molecule has 28 heavy (non-hydrogen) atoms. The van der Waals surface area contributed by atoms with Crippen LogP contribution in [0.1, 0.15) is 36.8 Å². The average molecular weight is 378 g/mol. The fraction of sp³-hybridized carbons (Fsp3) is 0.391. The number of carbonyl (C=O) groups excluding carboxylic acids is 1. The number of para-hydroxylation sites is 1. The second-order valence-corrected chi connectivity index (χ2v) is 7.50. The van der Waals surface area contributed by atoms with E-state index in [1.165, 1.54) is 0 Å². The van der Waals surface area contributed by atoms with E-state index >= 15 is 0 Å². The Kier molecular flexibility index (Phi) is 5.60. The molecule has 0 bridgehead atoms. The maximum Gasteiger partial charge on any atom is 0.226 e. The fourth-order valence-corrected chi connectivity index (χ4v) is 3.76. The molecule has 5 nitrogen and oxygen atoms in total. The lowest BCUT2D eigenvalue weighted by molar-refractivity contribution is -0.140. The minimum atomic E-state index is -0.132. The van der Waals surface area contributed by atoms with Crippen molar-refractivity contribution in [1.82, 2.24) is 4.90 Å². The molecule has 1 saturated carbocycles. The normalized spacial score (nSPS) is 18.8. The van der Waals surface area contributed by atoms with Gasteiger partial charge in [0.05, 0.1) is 19.4 Å². The van der Waals surface area contributed by atoms with Gasteiger partial charge in [-0.15, -0.1) is 0 Å².